The molecule has 4 nitrogen and oxygen atoms in total. The number of rotatable bonds is 4. The zero-order valence-corrected chi connectivity index (χ0v) is 12.1. The fraction of sp³-hybridized carbons (Fsp3) is 0.727. The van der Waals surface area contributed by atoms with Crippen LogP contribution in [-0.2, 0) is 9.84 Å². The Morgan fingerprint density at radius 3 is 2.24 bits per heavy atom. The molecular weight excluding hydrogens is 256 g/mol. The van der Waals surface area contributed by atoms with Crippen LogP contribution in [0.5, 0.6) is 0 Å². The molecule has 1 aliphatic rings. The van der Waals surface area contributed by atoms with E-state index in [1.54, 1.807) is 13.8 Å². The average Bonchev–Trinajstić information content (AvgIpc) is 2.78. The molecular formula is C11H18N2O2S2. The van der Waals surface area contributed by atoms with Gasteiger partial charge in [0.1, 0.15) is 11.1 Å². The molecule has 1 saturated heterocycles. The summed E-state index contributed by atoms with van der Waals surface area (Å²) in [5, 5.41) is 9.20. The van der Waals surface area contributed by atoms with Crippen molar-refractivity contribution in [3.05, 3.63) is 9.93 Å². The van der Waals surface area contributed by atoms with Gasteiger partial charge in [-0.15, -0.1) is 11.8 Å². The second-order valence-corrected chi connectivity index (χ2v) is 7.47. The van der Waals surface area contributed by atoms with Gasteiger partial charge < -0.3 is 4.90 Å². The Morgan fingerprint density at radius 1 is 1.35 bits per heavy atom. The molecule has 17 heavy (non-hydrogen) atoms. The van der Waals surface area contributed by atoms with Gasteiger partial charge in [0, 0.05) is 13.1 Å². The number of sulfone groups is 1. The first-order valence-electron chi connectivity index (χ1n) is 5.62. The molecule has 0 aromatic carbocycles. The summed E-state index contributed by atoms with van der Waals surface area (Å²) in [5.74, 6) is 0. The number of likely N-dealkylation sites (tertiary alicyclic amines) is 1. The highest BCUT2D eigenvalue weighted by molar-refractivity contribution is 8.04. The number of thioether (sulfide) groups is 1. The Balaban J connectivity index is 3.25. The van der Waals surface area contributed by atoms with Crippen molar-refractivity contribution >= 4 is 21.6 Å². The minimum Gasteiger partial charge on any atom is -0.365 e. The lowest BCUT2D eigenvalue weighted by Gasteiger charge is -2.21. The molecule has 0 atom stereocenters. The van der Waals surface area contributed by atoms with Gasteiger partial charge in [-0.2, -0.15) is 5.26 Å². The fourth-order valence-corrected chi connectivity index (χ4v) is 4.00. The van der Waals surface area contributed by atoms with E-state index in [9.17, 15) is 8.42 Å². The Hall–Kier alpha value is -0.670. The fourth-order valence-electron chi connectivity index (χ4n) is 1.75. The summed E-state index contributed by atoms with van der Waals surface area (Å²) in [4.78, 5) is 1.94. The predicted molar refractivity (Wildman–Crippen MR) is 71.0 cm³/mol. The van der Waals surface area contributed by atoms with Crippen LogP contribution in [0.15, 0.2) is 9.93 Å². The molecule has 1 fully saturated rings. The van der Waals surface area contributed by atoms with E-state index in [-0.39, 0.29) is 4.91 Å². The average molecular weight is 274 g/mol. The Kier molecular flexibility index (Phi) is 4.90. The minimum atomic E-state index is -3.48. The predicted octanol–water partition coefficient (Wildman–Crippen LogP) is 1.96. The van der Waals surface area contributed by atoms with Crippen molar-refractivity contribution in [2.24, 2.45) is 0 Å². The van der Waals surface area contributed by atoms with Crippen LogP contribution in [0, 0.1) is 11.3 Å². The van der Waals surface area contributed by atoms with Gasteiger partial charge in [0.05, 0.1) is 5.25 Å². The minimum absolute atomic E-state index is 0.0677. The van der Waals surface area contributed by atoms with Crippen molar-refractivity contribution in [1.82, 2.24) is 4.90 Å². The van der Waals surface area contributed by atoms with Crippen molar-refractivity contribution in [2.75, 3.05) is 19.3 Å². The van der Waals surface area contributed by atoms with Crippen LogP contribution in [0.25, 0.3) is 0 Å². The third-order valence-corrected chi connectivity index (χ3v) is 5.86. The number of nitrogens with zero attached hydrogens (tertiary/aromatic N) is 2. The van der Waals surface area contributed by atoms with Crippen LogP contribution in [0.3, 0.4) is 0 Å². The second kappa shape index (κ2) is 5.78. The van der Waals surface area contributed by atoms with Crippen molar-refractivity contribution in [3.8, 4) is 6.07 Å². The lowest BCUT2D eigenvalue weighted by atomic mass is 10.4. The zero-order valence-electron chi connectivity index (χ0n) is 10.4. The van der Waals surface area contributed by atoms with Crippen molar-refractivity contribution in [1.29, 1.82) is 5.26 Å². The molecule has 0 aliphatic carbocycles. The lowest BCUT2D eigenvalue weighted by Crippen LogP contribution is -2.23. The summed E-state index contributed by atoms with van der Waals surface area (Å²) >= 11 is 1.35. The monoisotopic (exact) mass is 274 g/mol. The molecule has 6 heteroatoms. The summed E-state index contributed by atoms with van der Waals surface area (Å²) in [6, 6.07) is 1.88. The maximum atomic E-state index is 12.1. The highest BCUT2D eigenvalue weighted by atomic mass is 32.2. The molecule has 0 N–H and O–H groups in total. The number of hydrogen-bond acceptors (Lipinski definition) is 5. The van der Waals surface area contributed by atoms with Crippen LogP contribution in [-0.4, -0.2) is 37.9 Å². The van der Waals surface area contributed by atoms with E-state index in [1.165, 1.54) is 11.8 Å². The van der Waals surface area contributed by atoms with Crippen LogP contribution in [0.2, 0.25) is 0 Å². The van der Waals surface area contributed by atoms with E-state index in [0.717, 1.165) is 25.9 Å². The van der Waals surface area contributed by atoms with Gasteiger partial charge in [-0.05, 0) is 32.9 Å². The van der Waals surface area contributed by atoms with Crippen molar-refractivity contribution in [3.63, 3.8) is 0 Å². The van der Waals surface area contributed by atoms with Gasteiger partial charge in [-0.25, -0.2) is 8.42 Å². The van der Waals surface area contributed by atoms with Crippen LogP contribution in [0.1, 0.15) is 26.7 Å². The molecule has 1 aliphatic heterocycles. The standard InChI is InChI=1S/C11H18N2O2S2/c1-9(2)17(14,15)10(8-12)11(16-3)13-6-4-5-7-13/h9H,4-7H2,1-3H3/b11-10-. The summed E-state index contributed by atoms with van der Waals surface area (Å²) in [6.45, 7) is 4.90. The molecule has 1 heterocycles. The molecule has 0 unspecified atom stereocenters. The highest BCUT2D eigenvalue weighted by Gasteiger charge is 2.29. The van der Waals surface area contributed by atoms with Gasteiger partial charge >= 0.3 is 0 Å². The number of nitriles is 1. The molecule has 0 spiro atoms. The van der Waals surface area contributed by atoms with Gasteiger partial charge in [-0.1, -0.05) is 0 Å². The molecule has 96 valence electrons. The summed E-state index contributed by atoms with van der Waals surface area (Å²) < 4.78 is 24.2. The van der Waals surface area contributed by atoms with E-state index in [1.807, 2.05) is 17.2 Å². The summed E-state index contributed by atoms with van der Waals surface area (Å²) in [6.07, 6.45) is 3.94. The van der Waals surface area contributed by atoms with Gasteiger partial charge in [0.2, 0.25) is 0 Å². The van der Waals surface area contributed by atoms with Crippen LogP contribution < -0.4 is 0 Å². The molecule has 0 amide bonds. The van der Waals surface area contributed by atoms with Crippen LogP contribution in [0.4, 0.5) is 0 Å². The van der Waals surface area contributed by atoms with E-state index in [4.69, 9.17) is 5.26 Å². The summed E-state index contributed by atoms with van der Waals surface area (Å²) in [7, 11) is -3.48. The second-order valence-electron chi connectivity index (χ2n) is 4.24. The van der Waals surface area contributed by atoms with E-state index in [2.05, 4.69) is 0 Å². The zero-order chi connectivity index (χ0) is 13.1. The first-order valence-corrected chi connectivity index (χ1v) is 8.39. The Morgan fingerprint density at radius 2 is 1.88 bits per heavy atom. The van der Waals surface area contributed by atoms with Crippen molar-refractivity contribution in [2.45, 2.75) is 31.9 Å². The molecule has 1 rings (SSSR count). The first-order chi connectivity index (χ1) is 7.95. The first kappa shape index (κ1) is 14.4. The normalized spacial score (nSPS) is 18.2. The largest absolute Gasteiger partial charge is 0.365 e. The molecule has 0 saturated carbocycles. The SMILES string of the molecule is CS/C(=C(/C#N)S(=O)(=O)C(C)C)N1CCCC1. The van der Waals surface area contributed by atoms with E-state index < -0.39 is 15.1 Å². The quantitative estimate of drug-likeness (QED) is 0.733. The molecule has 0 aromatic heterocycles. The Labute approximate surface area is 108 Å². The maximum Gasteiger partial charge on any atom is 0.193 e. The van der Waals surface area contributed by atoms with E-state index >= 15 is 0 Å². The third-order valence-electron chi connectivity index (χ3n) is 2.79. The van der Waals surface area contributed by atoms with E-state index in [0.29, 0.717) is 5.03 Å². The van der Waals surface area contributed by atoms with Crippen molar-refractivity contribution < 1.29 is 8.42 Å². The third kappa shape index (κ3) is 2.96. The lowest BCUT2D eigenvalue weighted by molar-refractivity contribution is 0.455. The molecule has 0 radical (unpaired) electrons. The summed E-state index contributed by atoms with van der Waals surface area (Å²) in [5.41, 5.74) is 0. The highest BCUT2D eigenvalue weighted by Crippen LogP contribution is 2.29. The smallest absolute Gasteiger partial charge is 0.193 e. The topological polar surface area (TPSA) is 61.2 Å². The molecule has 0 aromatic rings. The van der Waals surface area contributed by atoms with Gasteiger partial charge in [0.15, 0.2) is 14.7 Å². The van der Waals surface area contributed by atoms with Gasteiger partial charge in [0.25, 0.3) is 0 Å². The van der Waals surface area contributed by atoms with Gasteiger partial charge in [-0.3, -0.25) is 0 Å². The number of allylic oxidation sites excluding steroid dienone is 1. The number of hydrogen-bond donors (Lipinski definition) is 0. The maximum absolute atomic E-state index is 12.1. The Bertz CT molecular complexity index is 441. The molecule has 0 bridgehead atoms. The van der Waals surface area contributed by atoms with Crippen LogP contribution >= 0.6 is 11.8 Å².